The Morgan fingerprint density at radius 2 is 1.67 bits per heavy atom. The van der Waals surface area contributed by atoms with Gasteiger partial charge in [0.05, 0.1) is 0 Å². The van der Waals surface area contributed by atoms with Gasteiger partial charge in [-0.25, -0.2) is 0 Å². The first-order valence-electron chi connectivity index (χ1n) is 2.53. The van der Waals surface area contributed by atoms with Gasteiger partial charge < -0.3 is 9.90 Å². The molecule has 0 aliphatic heterocycles. The van der Waals surface area contributed by atoms with Gasteiger partial charge in [-0.2, -0.15) is 0 Å². The molecule has 0 saturated heterocycles. The van der Waals surface area contributed by atoms with Gasteiger partial charge in [0, 0.05) is 5.97 Å². The number of carboxylic acids is 1. The summed E-state index contributed by atoms with van der Waals surface area (Å²) in [6, 6.07) is 0. The van der Waals surface area contributed by atoms with Crippen molar-refractivity contribution in [1.29, 1.82) is 0 Å². The average Bonchev–Trinajstić information content (AvgIpc) is 1.65. The molecule has 0 aliphatic rings. The maximum absolute atomic E-state index is 9.50. The maximum atomic E-state index is 9.50. The van der Waals surface area contributed by atoms with Crippen molar-refractivity contribution in [1.82, 2.24) is 0 Å². The van der Waals surface area contributed by atoms with E-state index in [0.717, 1.165) is 35.8 Å². The van der Waals surface area contributed by atoms with E-state index in [1.54, 1.807) is 6.92 Å². The predicted molar refractivity (Wildman–Crippen MR) is 31.7 cm³/mol. The van der Waals surface area contributed by atoms with Crippen molar-refractivity contribution in [2.45, 2.75) is 20.3 Å². The van der Waals surface area contributed by atoms with Crippen LogP contribution in [0.5, 0.6) is 0 Å². The molecular formula is C5H8CaO3. The fourth-order valence-electron chi connectivity index (χ4n) is 0. The van der Waals surface area contributed by atoms with Crippen LogP contribution in [-0.2, 0) is 9.59 Å². The van der Waals surface area contributed by atoms with Crippen LogP contribution < -0.4 is 5.11 Å². The Bertz CT molecular complexity index is 96.4. The molecule has 0 saturated carbocycles. The van der Waals surface area contributed by atoms with E-state index in [0.29, 0.717) is 1.88 Å². The first kappa shape index (κ1) is 12.1. The number of carboxylic acid groups (broad SMARTS) is 1. The normalized spacial score (nSPS) is 7.11. The van der Waals surface area contributed by atoms with Gasteiger partial charge in [-0.05, 0) is 6.42 Å². The molecule has 0 N–H and O–H groups in total. The molecule has 0 atom stereocenters. The zero-order valence-corrected chi connectivity index (χ0v) is 7.85. The first-order valence-corrected chi connectivity index (χ1v) is 3.63. The van der Waals surface area contributed by atoms with Crippen LogP contribution in [0, 0.1) is 0 Å². The molecule has 0 fully saturated rings. The van der Waals surface area contributed by atoms with Gasteiger partial charge in [0.25, 0.3) is 0 Å². The quantitative estimate of drug-likeness (QED) is 0.450. The van der Waals surface area contributed by atoms with E-state index in [-0.39, 0.29) is 6.42 Å². The number of rotatable bonds is 1. The molecule has 0 rings (SSSR count). The Labute approximate surface area is 78.1 Å². The molecule has 0 unspecified atom stereocenters. The topological polar surface area (TPSA) is 57.2 Å². The van der Waals surface area contributed by atoms with Crippen LogP contribution in [0.2, 0.25) is 0 Å². The Morgan fingerprint density at radius 1 is 1.56 bits per heavy atom. The van der Waals surface area contributed by atoms with E-state index >= 15 is 0 Å². The first-order chi connectivity index (χ1) is 4.00. The molecular weight excluding hydrogens is 148 g/mol. The van der Waals surface area contributed by atoms with E-state index < -0.39 is 5.97 Å². The third kappa shape index (κ3) is 59.7. The minimum absolute atomic E-state index is 0.111. The molecule has 3 nitrogen and oxygen atoms in total. The van der Waals surface area contributed by atoms with Gasteiger partial charge in [0.1, 0.15) is 0 Å². The van der Waals surface area contributed by atoms with Crippen molar-refractivity contribution in [3.63, 3.8) is 0 Å². The van der Waals surface area contributed by atoms with Crippen LogP contribution in [0.1, 0.15) is 20.3 Å². The van der Waals surface area contributed by atoms with E-state index in [1.165, 1.54) is 6.92 Å². The van der Waals surface area contributed by atoms with Gasteiger partial charge in [0.2, 0.25) is 0 Å². The Hall–Kier alpha value is 0.400. The van der Waals surface area contributed by atoms with E-state index in [4.69, 9.17) is 0 Å². The number of hydrogen-bond acceptors (Lipinski definition) is 3. The predicted octanol–water partition coefficient (Wildman–Crippen LogP) is -1.15. The molecule has 0 amide bonds. The molecule has 0 aromatic heterocycles. The zero-order chi connectivity index (χ0) is 7.86. The Balaban J connectivity index is 0. The molecule has 4 heteroatoms. The molecule has 0 aromatic carbocycles. The fraction of sp³-hybridized carbons (Fsp3) is 0.600. The number of carbonyl (C=O) groups excluding carboxylic acids is 2. The van der Waals surface area contributed by atoms with Crippen LogP contribution in [0.3, 0.4) is 0 Å². The van der Waals surface area contributed by atoms with Crippen molar-refractivity contribution in [2.75, 3.05) is 0 Å². The molecule has 0 bridgehead atoms. The van der Waals surface area contributed by atoms with E-state index in [2.05, 4.69) is 0 Å². The molecule has 0 aliphatic carbocycles. The molecule has 0 spiro atoms. The zero-order valence-electron chi connectivity index (χ0n) is 5.64. The summed E-state index contributed by atoms with van der Waals surface area (Å²) in [5, 5.41) is 9.26. The standard InChI is InChI=1S/C3H6O2.C2H3O.Ca/c1-2-3(4)5;1-2-3;/h2H2,1H3,(H,4,5);1H3;/q;;+1/p-1. The molecule has 9 heavy (non-hydrogen) atoms. The molecule has 48 valence electrons. The second-order valence-corrected chi connectivity index (χ2v) is 2.98. The number of aliphatic carboxylic acids is 1. The van der Waals surface area contributed by atoms with Crippen LogP contribution in [0.25, 0.3) is 0 Å². The van der Waals surface area contributed by atoms with Gasteiger partial charge in [-0.1, -0.05) is 6.92 Å². The van der Waals surface area contributed by atoms with E-state index in [1.807, 2.05) is 0 Å². The average molecular weight is 156 g/mol. The third-order valence-electron chi connectivity index (χ3n) is 0.289. The van der Waals surface area contributed by atoms with Gasteiger partial charge in [-0.3, -0.25) is 0 Å². The monoisotopic (exact) mass is 156 g/mol. The summed E-state index contributed by atoms with van der Waals surface area (Å²) < 4.78 is 0.292. The van der Waals surface area contributed by atoms with Gasteiger partial charge >= 0.3 is 49.4 Å². The van der Waals surface area contributed by atoms with Gasteiger partial charge in [-0.15, -0.1) is 0 Å². The Morgan fingerprint density at radius 3 is 1.67 bits per heavy atom. The molecule has 0 aromatic rings. The summed E-state index contributed by atoms with van der Waals surface area (Å²) in [6.07, 6.45) is 0.111. The third-order valence-corrected chi connectivity index (χ3v) is 0.289. The van der Waals surface area contributed by atoms with Crippen molar-refractivity contribution in [3.05, 3.63) is 0 Å². The molecule has 0 radical (unpaired) electrons. The van der Waals surface area contributed by atoms with Crippen LogP contribution in [-0.4, -0.2) is 43.6 Å². The summed E-state index contributed by atoms with van der Waals surface area (Å²) >= 11 is 0.792. The van der Waals surface area contributed by atoms with Crippen molar-refractivity contribution in [3.8, 4) is 0 Å². The summed E-state index contributed by atoms with van der Waals surface area (Å²) in [7, 11) is 0. The Kier molecular flexibility index (Phi) is 11.3. The summed E-state index contributed by atoms with van der Waals surface area (Å²) in [4.78, 5) is 18.8. The van der Waals surface area contributed by atoms with E-state index in [9.17, 15) is 14.7 Å². The number of carbonyl (C=O) groups is 2. The SMILES string of the molecule is CCC(=O)[O-].C[C](=O)[Ca+]. The van der Waals surface area contributed by atoms with Crippen LogP contribution in [0.4, 0.5) is 0 Å². The van der Waals surface area contributed by atoms with Crippen molar-refractivity contribution >= 4 is 43.6 Å². The second-order valence-electron chi connectivity index (χ2n) is 1.43. The summed E-state index contributed by atoms with van der Waals surface area (Å²) in [6.45, 7) is 3.12. The van der Waals surface area contributed by atoms with Crippen LogP contribution >= 0.6 is 0 Å². The van der Waals surface area contributed by atoms with Gasteiger partial charge in [0.15, 0.2) is 0 Å². The fourth-order valence-corrected chi connectivity index (χ4v) is 0. The molecule has 0 heterocycles. The minimum atomic E-state index is -0.995. The second kappa shape index (κ2) is 8.40. The van der Waals surface area contributed by atoms with Crippen molar-refractivity contribution in [2.24, 2.45) is 0 Å². The van der Waals surface area contributed by atoms with Crippen LogP contribution in [0.15, 0.2) is 0 Å². The van der Waals surface area contributed by atoms with Crippen molar-refractivity contribution < 1.29 is 14.7 Å². The summed E-state index contributed by atoms with van der Waals surface area (Å²) in [5.74, 6) is -0.995. The number of hydrogen-bond donors (Lipinski definition) is 0. The summed E-state index contributed by atoms with van der Waals surface area (Å²) in [5.41, 5.74) is 0.